The fourth-order valence-electron chi connectivity index (χ4n) is 5.13. The Balaban J connectivity index is 1.71. The fourth-order valence-corrected chi connectivity index (χ4v) is 5.13. The van der Waals surface area contributed by atoms with Crippen LogP contribution in [0, 0.1) is 28.6 Å². The molecule has 3 heteroatoms. The third-order valence-electron chi connectivity index (χ3n) is 6.94. The van der Waals surface area contributed by atoms with Crippen LogP contribution in [-0.2, 0) is 0 Å². The lowest BCUT2D eigenvalue weighted by molar-refractivity contribution is 0.301. The van der Waals surface area contributed by atoms with Gasteiger partial charge in [-0.25, -0.2) is 0 Å². The van der Waals surface area contributed by atoms with Gasteiger partial charge in [-0.05, 0) is 67.7 Å². The molecule has 1 fully saturated rings. The van der Waals surface area contributed by atoms with Crippen molar-refractivity contribution in [1.82, 2.24) is 0 Å². The van der Waals surface area contributed by atoms with Crippen LogP contribution in [0.5, 0.6) is 5.75 Å². The lowest BCUT2D eigenvalue weighted by Crippen LogP contribution is -2.15. The van der Waals surface area contributed by atoms with Gasteiger partial charge in [0.15, 0.2) is 0 Å². The van der Waals surface area contributed by atoms with Crippen molar-refractivity contribution in [2.45, 2.75) is 84.0 Å². The van der Waals surface area contributed by atoms with Crippen molar-refractivity contribution in [3.63, 3.8) is 0 Å². The normalized spacial score (nSPS) is 18.0. The van der Waals surface area contributed by atoms with Crippen LogP contribution in [0.2, 0.25) is 0 Å². The van der Waals surface area contributed by atoms with E-state index in [0.29, 0.717) is 23.7 Å². The number of benzene rings is 2. The van der Waals surface area contributed by atoms with Gasteiger partial charge in [0.2, 0.25) is 0 Å². The molecule has 0 radical (unpaired) electrons. The molecule has 0 spiro atoms. The zero-order valence-electron chi connectivity index (χ0n) is 19.7. The molecule has 3 nitrogen and oxygen atoms in total. The van der Waals surface area contributed by atoms with Crippen LogP contribution in [0.3, 0.4) is 0 Å². The third kappa shape index (κ3) is 5.92. The topological polar surface area (TPSA) is 56.8 Å². The van der Waals surface area contributed by atoms with E-state index in [9.17, 15) is 10.5 Å². The first-order valence-corrected chi connectivity index (χ1v) is 12.4. The van der Waals surface area contributed by atoms with Crippen molar-refractivity contribution in [1.29, 1.82) is 10.5 Å². The van der Waals surface area contributed by atoms with E-state index < -0.39 is 0 Å². The maximum absolute atomic E-state index is 9.96. The van der Waals surface area contributed by atoms with Crippen LogP contribution >= 0.6 is 0 Å². The summed E-state index contributed by atoms with van der Waals surface area (Å²) in [6.07, 6.45) is 12.8. The molecule has 3 rings (SSSR count). The van der Waals surface area contributed by atoms with Crippen molar-refractivity contribution in [2.75, 3.05) is 6.61 Å². The first kappa shape index (κ1) is 23.9. The van der Waals surface area contributed by atoms with Gasteiger partial charge >= 0.3 is 0 Å². The van der Waals surface area contributed by atoms with Gasteiger partial charge < -0.3 is 4.74 Å². The molecule has 0 aliphatic heterocycles. The lowest BCUT2D eigenvalue weighted by Gasteiger charge is -2.29. The summed E-state index contributed by atoms with van der Waals surface area (Å²) < 4.78 is 5.53. The van der Waals surface area contributed by atoms with Crippen LogP contribution in [-0.4, -0.2) is 6.61 Å². The monoisotopic (exact) mass is 428 g/mol. The fraction of sp³-hybridized carbons (Fsp3) is 0.517. The summed E-state index contributed by atoms with van der Waals surface area (Å²) in [5.41, 5.74) is 3.92. The molecule has 2 aromatic rings. The molecule has 0 unspecified atom stereocenters. The Morgan fingerprint density at radius 1 is 0.812 bits per heavy atom. The van der Waals surface area contributed by atoms with E-state index in [1.165, 1.54) is 51.4 Å². The minimum Gasteiger partial charge on any atom is -0.494 e. The highest BCUT2D eigenvalue weighted by Gasteiger charge is 2.26. The van der Waals surface area contributed by atoms with Gasteiger partial charge in [-0.2, -0.15) is 10.5 Å². The Kier molecular flexibility index (Phi) is 9.18. The van der Waals surface area contributed by atoms with E-state index in [1.54, 1.807) is 0 Å². The second-order valence-electron chi connectivity index (χ2n) is 9.05. The molecular formula is C29H36N2O. The Morgan fingerprint density at radius 2 is 1.50 bits per heavy atom. The van der Waals surface area contributed by atoms with E-state index in [1.807, 2.05) is 37.3 Å². The van der Waals surface area contributed by atoms with E-state index in [-0.39, 0.29) is 0 Å². The summed E-state index contributed by atoms with van der Waals surface area (Å²) in [6, 6.07) is 16.6. The van der Waals surface area contributed by atoms with Gasteiger partial charge in [-0.15, -0.1) is 0 Å². The van der Waals surface area contributed by atoms with Crippen LogP contribution in [0.25, 0.3) is 11.1 Å². The van der Waals surface area contributed by atoms with Crippen molar-refractivity contribution in [3.8, 4) is 29.0 Å². The van der Waals surface area contributed by atoms with Crippen molar-refractivity contribution < 1.29 is 4.74 Å². The minimum absolute atomic E-state index is 0.391. The van der Waals surface area contributed by atoms with Gasteiger partial charge in [0, 0.05) is 5.56 Å². The predicted octanol–water partition coefficient (Wildman–Crippen LogP) is 8.13. The van der Waals surface area contributed by atoms with Crippen molar-refractivity contribution in [3.05, 3.63) is 53.1 Å². The number of nitriles is 2. The smallest absolute Gasteiger partial charge is 0.119 e. The summed E-state index contributed by atoms with van der Waals surface area (Å²) in [4.78, 5) is 0. The highest BCUT2D eigenvalue weighted by molar-refractivity contribution is 5.75. The maximum atomic E-state index is 9.96. The quantitative estimate of drug-likeness (QED) is 0.359. The number of hydrogen-bond acceptors (Lipinski definition) is 3. The minimum atomic E-state index is 0.391. The Hall–Kier alpha value is -2.78. The molecule has 1 aliphatic rings. The van der Waals surface area contributed by atoms with Crippen LogP contribution < -0.4 is 4.74 Å². The van der Waals surface area contributed by atoms with E-state index in [0.717, 1.165) is 41.2 Å². The van der Waals surface area contributed by atoms with Crippen LogP contribution in [0.1, 0.15) is 101 Å². The molecule has 0 bridgehead atoms. The first-order valence-electron chi connectivity index (χ1n) is 12.4. The van der Waals surface area contributed by atoms with Gasteiger partial charge in [-0.3, -0.25) is 0 Å². The van der Waals surface area contributed by atoms with E-state index >= 15 is 0 Å². The average Bonchev–Trinajstić information content (AvgIpc) is 2.84. The molecule has 0 heterocycles. The molecule has 0 aromatic heterocycles. The van der Waals surface area contributed by atoms with E-state index in [2.05, 4.69) is 25.1 Å². The average molecular weight is 429 g/mol. The first-order chi connectivity index (χ1) is 15.7. The van der Waals surface area contributed by atoms with Crippen molar-refractivity contribution >= 4 is 0 Å². The van der Waals surface area contributed by atoms with Gasteiger partial charge in [0.05, 0.1) is 17.7 Å². The Labute approximate surface area is 194 Å². The zero-order chi connectivity index (χ0) is 22.8. The number of hydrogen-bond donors (Lipinski definition) is 0. The van der Waals surface area contributed by atoms with E-state index in [4.69, 9.17) is 4.74 Å². The molecule has 0 saturated heterocycles. The van der Waals surface area contributed by atoms with Gasteiger partial charge in [-0.1, -0.05) is 69.7 Å². The molecule has 2 aromatic carbocycles. The van der Waals surface area contributed by atoms with Crippen LogP contribution in [0.4, 0.5) is 0 Å². The van der Waals surface area contributed by atoms with Crippen molar-refractivity contribution in [2.24, 2.45) is 5.92 Å². The molecular weight excluding hydrogens is 392 g/mol. The number of nitrogens with zero attached hydrogens (tertiary/aromatic N) is 2. The summed E-state index contributed by atoms with van der Waals surface area (Å²) >= 11 is 0. The highest BCUT2D eigenvalue weighted by atomic mass is 16.5. The predicted molar refractivity (Wildman–Crippen MR) is 131 cm³/mol. The largest absolute Gasteiger partial charge is 0.494 e. The molecule has 0 amide bonds. The SMILES string of the molecule is CCCCCCC[C@H]1CC[C@H](c2ccc(-c3ccc(OCC)cc3)c(C#N)c2C#N)CC1. The summed E-state index contributed by atoms with van der Waals surface area (Å²) in [7, 11) is 0. The number of ether oxygens (including phenoxy) is 1. The molecule has 1 saturated carbocycles. The second-order valence-corrected chi connectivity index (χ2v) is 9.05. The standard InChI is InChI=1S/C29H36N2O/c1-3-5-6-7-8-9-22-10-12-23(13-11-22)26-18-19-27(29(21-31)28(26)20-30)24-14-16-25(17-15-24)32-4-2/h14-19,22-23H,3-13H2,1-2H3/t22-,23-. The molecule has 32 heavy (non-hydrogen) atoms. The zero-order valence-corrected chi connectivity index (χ0v) is 19.7. The Bertz CT molecular complexity index is 941. The molecule has 0 N–H and O–H groups in total. The third-order valence-corrected chi connectivity index (χ3v) is 6.94. The summed E-state index contributed by atoms with van der Waals surface area (Å²) in [5.74, 6) is 2.04. The highest BCUT2D eigenvalue weighted by Crippen LogP contribution is 2.41. The number of rotatable bonds is 10. The summed E-state index contributed by atoms with van der Waals surface area (Å²) in [6.45, 7) is 4.84. The van der Waals surface area contributed by atoms with Gasteiger partial charge in [0.1, 0.15) is 17.9 Å². The molecule has 1 aliphatic carbocycles. The molecule has 0 atom stereocenters. The maximum Gasteiger partial charge on any atom is 0.119 e. The second kappa shape index (κ2) is 12.3. The van der Waals surface area contributed by atoms with Crippen LogP contribution in [0.15, 0.2) is 36.4 Å². The lowest BCUT2D eigenvalue weighted by atomic mass is 9.75. The Morgan fingerprint density at radius 3 is 2.12 bits per heavy atom. The van der Waals surface area contributed by atoms with Gasteiger partial charge in [0.25, 0.3) is 0 Å². The number of unbranched alkanes of at least 4 members (excludes halogenated alkanes) is 4. The molecule has 168 valence electrons. The summed E-state index contributed by atoms with van der Waals surface area (Å²) in [5, 5.41) is 19.9.